The Kier molecular flexibility index (Phi) is 30.6. The van der Waals surface area contributed by atoms with Gasteiger partial charge in [0, 0.05) is 14.0 Å². The summed E-state index contributed by atoms with van der Waals surface area (Å²) in [4.78, 5) is 9.82. The van der Waals surface area contributed by atoms with Crippen molar-refractivity contribution in [2.75, 3.05) is 26.9 Å². The minimum atomic E-state index is -0.211. The van der Waals surface area contributed by atoms with Crippen LogP contribution in [0.2, 0.25) is 0 Å². The molecule has 0 bridgehead atoms. The normalized spacial score (nSPS) is 7.21. The standard InChI is InChI=1S/C4H8O2.C3H8O2.C3H6/c1-3-6-4(2)5;1-5-3-2-4;1-3-2/h3H2,1-2H3;4H,2-3H2,1H3;3H,1H2,2H3. The topological polar surface area (TPSA) is 55.8 Å². The minimum absolute atomic E-state index is 0.122. The van der Waals surface area contributed by atoms with Crippen molar-refractivity contribution in [3.8, 4) is 0 Å². The SMILES string of the molecule is C=CC.CCOC(C)=O.COCCO. The molecule has 0 saturated heterocycles. The van der Waals surface area contributed by atoms with Gasteiger partial charge >= 0.3 is 5.97 Å². The molecule has 0 rings (SSSR count). The van der Waals surface area contributed by atoms with Crippen LogP contribution in [0.25, 0.3) is 0 Å². The van der Waals surface area contributed by atoms with Crippen LogP contribution in [0.5, 0.6) is 0 Å². The molecule has 0 saturated carbocycles. The third-order valence-corrected chi connectivity index (χ3v) is 0.643. The molecule has 0 aromatic heterocycles. The predicted octanol–water partition coefficient (Wildman–Crippen LogP) is 1.39. The highest BCUT2D eigenvalue weighted by molar-refractivity contribution is 5.65. The van der Waals surface area contributed by atoms with Gasteiger partial charge in [0.15, 0.2) is 0 Å². The van der Waals surface area contributed by atoms with E-state index in [1.807, 2.05) is 6.92 Å². The second-order valence-corrected chi connectivity index (χ2v) is 2.05. The van der Waals surface area contributed by atoms with Crippen molar-refractivity contribution in [3.05, 3.63) is 12.7 Å². The number of rotatable bonds is 3. The van der Waals surface area contributed by atoms with Gasteiger partial charge in [0.2, 0.25) is 0 Å². The van der Waals surface area contributed by atoms with Crippen molar-refractivity contribution in [2.45, 2.75) is 20.8 Å². The molecule has 0 aliphatic rings. The van der Waals surface area contributed by atoms with E-state index in [4.69, 9.17) is 5.11 Å². The van der Waals surface area contributed by atoms with E-state index in [0.717, 1.165) is 0 Å². The summed E-state index contributed by atoms with van der Waals surface area (Å²) in [6.45, 7) is 9.47. The molecule has 0 aliphatic carbocycles. The van der Waals surface area contributed by atoms with E-state index >= 15 is 0 Å². The van der Waals surface area contributed by atoms with Gasteiger partial charge in [-0.25, -0.2) is 0 Å². The number of aliphatic hydroxyl groups excluding tert-OH is 1. The number of aliphatic hydroxyl groups is 1. The molecule has 0 aromatic carbocycles. The maximum atomic E-state index is 9.82. The Morgan fingerprint density at radius 3 is 2.00 bits per heavy atom. The smallest absolute Gasteiger partial charge is 0.302 e. The van der Waals surface area contributed by atoms with Gasteiger partial charge in [0.25, 0.3) is 0 Å². The zero-order chi connectivity index (χ0) is 11.8. The Bertz CT molecular complexity index is 111. The molecule has 4 nitrogen and oxygen atoms in total. The van der Waals surface area contributed by atoms with Crippen LogP contribution in [0, 0.1) is 0 Å². The molecule has 0 aliphatic heterocycles. The zero-order valence-electron chi connectivity index (χ0n) is 9.58. The highest BCUT2D eigenvalue weighted by atomic mass is 16.5. The summed E-state index contributed by atoms with van der Waals surface area (Å²) in [5.41, 5.74) is 0. The molecule has 1 N–H and O–H groups in total. The number of carbonyl (C=O) groups is 1. The van der Waals surface area contributed by atoms with Crippen LogP contribution in [0.3, 0.4) is 0 Å². The lowest BCUT2D eigenvalue weighted by Gasteiger charge is -1.89. The van der Waals surface area contributed by atoms with Crippen LogP contribution in [0.1, 0.15) is 20.8 Å². The molecule has 0 spiro atoms. The maximum absolute atomic E-state index is 9.82. The summed E-state index contributed by atoms with van der Waals surface area (Å²) in [6.07, 6.45) is 1.75. The number of esters is 1. The third kappa shape index (κ3) is 67.0. The average Bonchev–Trinajstić information content (AvgIpc) is 2.07. The Morgan fingerprint density at radius 2 is 2.00 bits per heavy atom. The quantitative estimate of drug-likeness (QED) is 0.560. The molecule has 14 heavy (non-hydrogen) atoms. The Hall–Kier alpha value is -0.870. The summed E-state index contributed by atoms with van der Waals surface area (Å²) >= 11 is 0. The van der Waals surface area contributed by atoms with E-state index < -0.39 is 0 Å². The van der Waals surface area contributed by atoms with Crippen molar-refractivity contribution in [2.24, 2.45) is 0 Å². The van der Waals surface area contributed by atoms with Gasteiger partial charge in [-0.3, -0.25) is 4.79 Å². The predicted molar refractivity (Wildman–Crippen MR) is 57.1 cm³/mol. The second-order valence-electron chi connectivity index (χ2n) is 2.05. The van der Waals surface area contributed by atoms with Gasteiger partial charge in [-0.05, 0) is 13.8 Å². The summed E-state index contributed by atoms with van der Waals surface area (Å²) in [5.74, 6) is -0.211. The first-order valence-electron chi connectivity index (χ1n) is 4.40. The van der Waals surface area contributed by atoms with E-state index in [-0.39, 0.29) is 12.6 Å². The maximum Gasteiger partial charge on any atom is 0.302 e. The average molecular weight is 206 g/mol. The number of ether oxygens (including phenoxy) is 2. The highest BCUT2D eigenvalue weighted by Gasteiger charge is 1.81. The van der Waals surface area contributed by atoms with Crippen LogP contribution in [0.15, 0.2) is 12.7 Å². The Morgan fingerprint density at radius 1 is 1.57 bits per heavy atom. The Balaban J connectivity index is -0.000000138. The second kappa shape index (κ2) is 22.7. The molecule has 0 radical (unpaired) electrons. The van der Waals surface area contributed by atoms with Crippen LogP contribution < -0.4 is 0 Å². The fraction of sp³-hybridized carbons (Fsp3) is 0.700. The molecule has 0 fully saturated rings. The molecule has 86 valence electrons. The molecule has 0 unspecified atom stereocenters. The van der Waals surface area contributed by atoms with Crippen LogP contribution in [-0.2, 0) is 14.3 Å². The third-order valence-electron chi connectivity index (χ3n) is 0.643. The van der Waals surface area contributed by atoms with E-state index in [9.17, 15) is 4.79 Å². The molecular formula is C10H22O4. The first-order valence-corrected chi connectivity index (χ1v) is 4.40. The molecule has 4 heteroatoms. The van der Waals surface area contributed by atoms with Gasteiger partial charge in [0.05, 0.1) is 19.8 Å². The molecule has 0 aromatic rings. The fourth-order valence-corrected chi connectivity index (χ4v) is 0.295. The van der Waals surface area contributed by atoms with Crippen LogP contribution in [0.4, 0.5) is 0 Å². The van der Waals surface area contributed by atoms with Crippen molar-refractivity contribution in [3.63, 3.8) is 0 Å². The lowest BCUT2D eigenvalue weighted by molar-refractivity contribution is -0.140. The molecule has 0 amide bonds. The van der Waals surface area contributed by atoms with Crippen molar-refractivity contribution in [1.82, 2.24) is 0 Å². The van der Waals surface area contributed by atoms with Crippen LogP contribution >= 0.6 is 0 Å². The number of carbonyl (C=O) groups excluding carboxylic acids is 1. The van der Waals surface area contributed by atoms with Crippen molar-refractivity contribution < 1.29 is 19.4 Å². The van der Waals surface area contributed by atoms with E-state index in [0.29, 0.717) is 13.2 Å². The number of allylic oxidation sites excluding steroid dienone is 1. The number of hydrogen-bond acceptors (Lipinski definition) is 4. The van der Waals surface area contributed by atoms with Gasteiger partial charge < -0.3 is 14.6 Å². The van der Waals surface area contributed by atoms with Gasteiger partial charge in [-0.15, -0.1) is 6.58 Å². The van der Waals surface area contributed by atoms with Gasteiger partial charge in [-0.2, -0.15) is 0 Å². The Labute approximate surface area is 86.5 Å². The molecule has 0 atom stereocenters. The van der Waals surface area contributed by atoms with Crippen LogP contribution in [-0.4, -0.2) is 38.0 Å². The summed E-state index contributed by atoms with van der Waals surface area (Å²) < 4.78 is 8.84. The summed E-state index contributed by atoms with van der Waals surface area (Å²) in [5, 5.41) is 7.94. The number of methoxy groups -OCH3 is 1. The summed E-state index contributed by atoms with van der Waals surface area (Å²) in [7, 11) is 1.55. The summed E-state index contributed by atoms with van der Waals surface area (Å²) in [6, 6.07) is 0. The lowest BCUT2D eigenvalue weighted by Crippen LogP contribution is -1.95. The van der Waals surface area contributed by atoms with Crippen molar-refractivity contribution in [1.29, 1.82) is 0 Å². The van der Waals surface area contributed by atoms with E-state index in [1.54, 1.807) is 20.1 Å². The van der Waals surface area contributed by atoms with E-state index in [1.165, 1.54) is 6.92 Å². The van der Waals surface area contributed by atoms with Gasteiger partial charge in [-0.1, -0.05) is 6.08 Å². The fourth-order valence-electron chi connectivity index (χ4n) is 0.295. The van der Waals surface area contributed by atoms with Gasteiger partial charge in [0.1, 0.15) is 0 Å². The largest absolute Gasteiger partial charge is 0.466 e. The zero-order valence-corrected chi connectivity index (χ0v) is 9.58. The first kappa shape index (κ1) is 18.8. The number of hydrogen-bond donors (Lipinski definition) is 1. The first-order chi connectivity index (χ1) is 6.60. The lowest BCUT2D eigenvalue weighted by atomic mass is 10.8. The molecule has 0 heterocycles. The van der Waals surface area contributed by atoms with E-state index in [2.05, 4.69) is 16.1 Å². The highest BCUT2D eigenvalue weighted by Crippen LogP contribution is 1.69. The molecular weight excluding hydrogens is 184 g/mol. The minimum Gasteiger partial charge on any atom is -0.466 e. The monoisotopic (exact) mass is 206 g/mol. The van der Waals surface area contributed by atoms with Crippen molar-refractivity contribution >= 4 is 5.97 Å².